The Kier molecular flexibility index (Phi) is 5.06. The summed E-state index contributed by atoms with van der Waals surface area (Å²) in [5.41, 5.74) is 2.31. The fourth-order valence-electron chi connectivity index (χ4n) is 3.25. The number of hydrogen-bond donors (Lipinski definition) is 1. The molecule has 136 valence electrons. The Labute approximate surface area is 157 Å². The number of para-hydroxylation sites is 1. The van der Waals surface area contributed by atoms with Crippen LogP contribution < -0.4 is 10.2 Å². The summed E-state index contributed by atoms with van der Waals surface area (Å²) >= 11 is 1.65. The number of rotatable bonds is 4. The Balaban J connectivity index is 1.41. The van der Waals surface area contributed by atoms with Gasteiger partial charge in [0, 0.05) is 56.2 Å². The van der Waals surface area contributed by atoms with Crippen LogP contribution in [0.3, 0.4) is 0 Å². The van der Waals surface area contributed by atoms with Crippen molar-refractivity contribution in [3.63, 3.8) is 0 Å². The second-order valence-corrected chi connectivity index (χ2v) is 7.18. The van der Waals surface area contributed by atoms with E-state index >= 15 is 0 Å². The molecule has 1 aliphatic heterocycles. The van der Waals surface area contributed by atoms with Crippen LogP contribution in [0.2, 0.25) is 0 Å². The third-order valence-electron chi connectivity index (χ3n) is 4.57. The maximum atomic E-state index is 4.82. The number of guanidine groups is 1. The summed E-state index contributed by atoms with van der Waals surface area (Å²) in [6.45, 7) is 7.55. The number of hydrogen-bond acceptors (Lipinski definition) is 4. The minimum Gasteiger partial charge on any atom is -0.368 e. The lowest BCUT2D eigenvalue weighted by Crippen LogP contribution is -2.52. The first-order valence-corrected chi connectivity index (χ1v) is 9.96. The summed E-state index contributed by atoms with van der Waals surface area (Å²) in [4.78, 5) is 15.3. The molecule has 1 fully saturated rings. The molecule has 1 aliphatic rings. The van der Waals surface area contributed by atoms with E-state index in [2.05, 4.69) is 68.0 Å². The van der Waals surface area contributed by atoms with Crippen LogP contribution in [0.4, 0.5) is 5.69 Å². The molecule has 1 saturated heterocycles. The second-order valence-electron chi connectivity index (χ2n) is 6.30. The van der Waals surface area contributed by atoms with Crippen LogP contribution in [0.5, 0.6) is 0 Å². The molecule has 4 rings (SSSR count). The number of aliphatic imine (C=N–C) groups is 1. The summed E-state index contributed by atoms with van der Waals surface area (Å²) in [6.07, 6.45) is 4.10. The normalized spacial score (nSPS) is 15.7. The first-order valence-electron chi connectivity index (χ1n) is 9.08. The van der Waals surface area contributed by atoms with Crippen LogP contribution in [0.1, 0.15) is 12.6 Å². The number of imidazole rings is 1. The highest BCUT2D eigenvalue weighted by atomic mass is 32.1. The van der Waals surface area contributed by atoms with Crippen LogP contribution in [0, 0.1) is 0 Å². The first-order chi connectivity index (χ1) is 12.8. The highest BCUT2D eigenvalue weighted by molar-refractivity contribution is 7.15. The van der Waals surface area contributed by atoms with Crippen LogP contribution in [0.25, 0.3) is 4.96 Å². The van der Waals surface area contributed by atoms with Crippen LogP contribution >= 0.6 is 11.3 Å². The standard InChI is InChI=1S/C19H24N6S/c1-2-20-18(21-14-16-15-25-12-13-26-19(25)22-16)24-10-8-23(9-11-24)17-6-4-3-5-7-17/h3-7,12-13,15H,2,8-11,14H2,1H3,(H,20,21). The molecule has 0 amide bonds. The van der Waals surface area contributed by atoms with Gasteiger partial charge in [-0.3, -0.25) is 4.40 Å². The van der Waals surface area contributed by atoms with Crippen molar-refractivity contribution < 1.29 is 0 Å². The molecular formula is C19H24N6S. The van der Waals surface area contributed by atoms with E-state index in [1.54, 1.807) is 11.3 Å². The lowest BCUT2D eigenvalue weighted by Gasteiger charge is -2.37. The summed E-state index contributed by atoms with van der Waals surface area (Å²) in [6, 6.07) is 10.6. The van der Waals surface area contributed by atoms with Crippen molar-refractivity contribution >= 4 is 27.9 Å². The van der Waals surface area contributed by atoms with Crippen molar-refractivity contribution in [1.29, 1.82) is 0 Å². The number of piperazine rings is 1. The molecule has 2 aromatic heterocycles. The number of nitrogens with one attached hydrogen (secondary N) is 1. The number of benzene rings is 1. The van der Waals surface area contributed by atoms with E-state index in [0.717, 1.165) is 49.3 Å². The van der Waals surface area contributed by atoms with Gasteiger partial charge < -0.3 is 15.1 Å². The molecule has 0 aliphatic carbocycles. The van der Waals surface area contributed by atoms with Gasteiger partial charge in [-0.05, 0) is 19.1 Å². The maximum absolute atomic E-state index is 4.82. The van der Waals surface area contributed by atoms with Gasteiger partial charge in [0.25, 0.3) is 0 Å². The van der Waals surface area contributed by atoms with Gasteiger partial charge in [-0.1, -0.05) is 18.2 Å². The maximum Gasteiger partial charge on any atom is 0.194 e. The molecule has 1 aromatic carbocycles. The summed E-state index contributed by atoms with van der Waals surface area (Å²) in [5, 5.41) is 5.48. The number of fused-ring (bicyclic) bond motifs is 1. The molecule has 0 atom stereocenters. The van der Waals surface area contributed by atoms with Gasteiger partial charge in [-0.2, -0.15) is 0 Å². The summed E-state index contributed by atoms with van der Waals surface area (Å²) in [5.74, 6) is 0.983. The molecular weight excluding hydrogens is 344 g/mol. The van der Waals surface area contributed by atoms with Gasteiger partial charge in [0.15, 0.2) is 10.9 Å². The molecule has 3 heterocycles. The Bertz CT molecular complexity index is 832. The Hall–Kier alpha value is -2.54. The minimum absolute atomic E-state index is 0.607. The molecule has 6 nitrogen and oxygen atoms in total. The van der Waals surface area contributed by atoms with Gasteiger partial charge in [-0.15, -0.1) is 11.3 Å². The Morgan fingerprint density at radius 3 is 2.73 bits per heavy atom. The zero-order chi connectivity index (χ0) is 17.8. The summed E-state index contributed by atoms with van der Waals surface area (Å²) < 4.78 is 2.06. The van der Waals surface area contributed by atoms with Crippen molar-refractivity contribution in [1.82, 2.24) is 19.6 Å². The van der Waals surface area contributed by atoms with E-state index in [1.165, 1.54) is 5.69 Å². The van der Waals surface area contributed by atoms with E-state index in [-0.39, 0.29) is 0 Å². The monoisotopic (exact) mass is 368 g/mol. The third kappa shape index (κ3) is 3.67. The second kappa shape index (κ2) is 7.78. The Morgan fingerprint density at radius 2 is 2.00 bits per heavy atom. The predicted molar refractivity (Wildman–Crippen MR) is 108 cm³/mol. The van der Waals surface area contributed by atoms with Gasteiger partial charge in [0.05, 0.1) is 12.2 Å². The fraction of sp³-hybridized carbons (Fsp3) is 0.368. The minimum atomic E-state index is 0.607. The van der Waals surface area contributed by atoms with Crippen LogP contribution in [-0.4, -0.2) is 53.0 Å². The van der Waals surface area contributed by atoms with E-state index in [9.17, 15) is 0 Å². The highest BCUT2D eigenvalue weighted by Crippen LogP contribution is 2.16. The fourth-order valence-corrected chi connectivity index (χ4v) is 3.97. The summed E-state index contributed by atoms with van der Waals surface area (Å²) in [7, 11) is 0. The smallest absolute Gasteiger partial charge is 0.194 e. The van der Waals surface area contributed by atoms with Crippen LogP contribution in [0.15, 0.2) is 53.1 Å². The first kappa shape index (κ1) is 16.9. The van der Waals surface area contributed by atoms with Gasteiger partial charge >= 0.3 is 0 Å². The predicted octanol–water partition coefficient (Wildman–Crippen LogP) is 2.68. The number of nitrogens with zero attached hydrogens (tertiary/aromatic N) is 5. The van der Waals surface area contributed by atoms with Gasteiger partial charge in [-0.25, -0.2) is 9.98 Å². The SMILES string of the molecule is CCNC(=NCc1cn2ccsc2n1)N1CCN(c2ccccc2)CC1. The van der Waals surface area contributed by atoms with Crippen molar-refractivity contribution in [2.45, 2.75) is 13.5 Å². The van der Waals surface area contributed by atoms with Crippen molar-refractivity contribution in [3.05, 3.63) is 53.8 Å². The molecule has 0 unspecified atom stereocenters. The van der Waals surface area contributed by atoms with E-state index < -0.39 is 0 Å². The quantitative estimate of drug-likeness (QED) is 0.568. The average molecular weight is 369 g/mol. The number of aromatic nitrogens is 2. The highest BCUT2D eigenvalue weighted by Gasteiger charge is 2.19. The van der Waals surface area contributed by atoms with E-state index in [1.807, 2.05) is 11.6 Å². The van der Waals surface area contributed by atoms with Crippen LogP contribution in [-0.2, 0) is 6.54 Å². The van der Waals surface area contributed by atoms with Crippen molar-refractivity contribution in [3.8, 4) is 0 Å². The molecule has 26 heavy (non-hydrogen) atoms. The molecule has 0 bridgehead atoms. The lowest BCUT2D eigenvalue weighted by molar-refractivity contribution is 0.372. The largest absolute Gasteiger partial charge is 0.368 e. The average Bonchev–Trinajstić information content (AvgIpc) is 3.28. The topological polar surface area (TPSA) is 48.2 Å². The molecule has 1 N–H and O–H groups in total. The van der Waals surface area contributed by atoms with E-state index in [0.29, 0.717) is 6.54 Å². The Morgan fingerprint density at radius 1 is 1.19 bits per heavy atom. The zero-order valence-corrected chi connectivity index (χ0v) is 15.8. The van der Waals surface area contributed by atoms with Gasteiger partial charge in [0.1, 0.15) is 0 Å². The van der Waals surface area contributed by atoms with Crippen molar-refractivity contribution in [2.75, 3.05) is 37.6 Å². The molecule has 0 saturated carbocycles. The molecule has 0 spiro atoms. The van der Waals surface area contributed by atoms with E-state index in [4.69, 9.17) is 4.99 Å². The molecule has 7 heteroatoms. The molecule has 3 aromatic rings. The number of anilines is 1. The number of thiazole rings is 1. The molecule has 0 radical (unpaired) electrons. The van der Waals surface area contributed by atoms with Gasteiger partial charge in [0.2, 0.25) is 0 Å². The third-order valence-corrected chi connectivity index (χ3v) is 5.34. The van der Waals surface area contributed by atoms with Crippen molar-refractivity contribution in [2.24, 2.45) is 4.99 Å². The zero-order valence-electron chi connectivity index (χ0n) is 15.0. The lowest BCUT2D eigenvalue weighted by atomic mass is 10.2.